The van der Waals surface area contributed by atoms with Crippen molar-refractivity contribution in [2.45, 2.75) is 70.1 Å². The van der Waals surface area contributed by atoms with Gasteiger partial charge in [0.1, 0.15) is 5.65 Å². The Bertz CT molecular complexity index is 2230. The van der Waals surface area contributed by atoms with Crippen LogP contribution >= 0.6 is 11.6 Å². The third-order valence-electron chi connectivity index (χ3n) is 10.7. The molecule has 2 amide bonds. The Morgan fingerprint density at radius 2 is 1.51 bits per heavy atom. The van der Waals surface area contributed by atoms with E-state index in [1.54, 1.807) is 16.8 Å². The summed E-state index contributed by atoms with van der Waals surface area (Å²) in [5, 5.41) is 13.7. The van der Waals surface area contributed by atoms with E-state index in [0.29, 0.717) is 48.2 Å². The van der Waals surface area contributed by atoms with Crippen LogP contribution in [0.15, 0.2) is 83.9 Å². The Balaban J connectivity index is 1.01. The molecule has 8 rings (SSSR count). The monoisotopic (exact) mass is 700 g/mol. The average molecular weight is 701 g/mol. The molecule has 1 aliphatic carbocycles. The molecule has 2 aliphatic heterocycles. The summed E-state index contributed by atoms with van der Waals surface area (Å²) >= 11 is 7.23. The van der Waals surface area contributed by atoms with E-state index < -0.39 is 0 Å². The van der Waals surface area contributed by atoms with Gasteiger partial charge in [-0.3, -0.25) is 18.8 Å². The summed E-state index contributed by atoms with van der Waals surface area (Å²) in [5.74, 6) is 0.227. The van der Waals surface area contributed by atoms with E-state index in [9.17, 15) is 14.4 Å². The summed E-state index contributed by atoms with van der Waals surface area (Å²) in [4.78, 5) is 41.0. The van der Waals surface area contributed by atoms with Crippen molar-refractivity contribution in [2.24, 2.45) is 0 Å². The molecule has 10 heteroatoms. The summed E-state index contributed by atoms with van der Waals surface area (Å²) < 4.78 is 1.58. The van der Waals surface area contributed by atoms with Crippen molar-refractivity contribution in [1.82, 2.24) is 30.7 Å². The second kappa shape index (κ2) is 14.1. The van der Waals surface area contributed by atoms with E-state index in [2.05, 4.69) is 81.7 Å². The summed E-state index contributed by atoms with van der Waals surface area (Å²) in [7, 11) is 0. The molecule has 3 aliphatic rings. The highest BCUT2D eigenvalue weighted by atomic mass is 35.5. The topological polar surface area (TPSA) is 117 Å². The summed E-state index contributed by atoms with van der Waals surface area (Å²) in [6.45, 7) is 3.90. The maximum atomic E-state index is 13.3. The Hall–Kier alpha value is -4.83. The number of pyridine rings is 1. The second-order valence-electron chi connectivity index (χ2n) is 14.0. The van der Waals surface area contributed by atoms with Gasteiger partial charge in [-0.15, -0.1) is 0 Å². The van der Waals surface area contributed by atoms with E-state index in [0.717, 1.165) is 71.2 Å². The molecule has 0 radical (unpaired) electrons. The highest BCUT2D eigenvalue weighted by Crippen LogP contribution is 2.41. The third-order valence-corrected chi connectivity index (χ3v) is 11.1. The smallest absolute Gasteiger partial charge is 0.262 e. The first-order valence-corrected chi connectivity index (χ1v) is 18.3. The third kappa shape index (κ3) is 6.69. The molecule has 4 heterocycles. The first-order chi connectivity index (χ1) is 24.8. The number of carbonyl (C=O) groups excluding carboxylic acids is 2. The first-order valence-electron chi connectivity index (χ1n) is 17.9. The lowest BCUT2D eigenvalue weighted by Gasteiger charge is -2.18. The molecule has 0 bridgehead atoms. The molecule has 0 spiro atoms. The Kier molecular flexibility index (Phi) is 9.19. The minimum atomic E-state index is -0.110. The molecule has 3 aromatic carbocycles. The van der Waals surface area contributed by atoms with E-state index in [4.69, 9.17) is 11.6 Å². The molecule has 51 heavy (non-hydrogen) atoms. The van der Waals surface area contributed by atoms with Crippen LogP contribution in [-0.2, 0) is 22.6 Å². The molecule has 2 aromatic heterocycles. The van der Waals surface area contributed by atoms with Gasteiger partial charge in [0.25, 0.3) is 5.56 Å². The minimum Gasteiger partial charge on any atom is -0.352 e. The van der Waals surface area contributed by atoms with Gasteiger partial charge in [0.15, 0.2) is 0 Å². The number of carbonyl (C=O) groups is 2. The Morgan fingerprint density at radius 3 is 2.27 bits per heavy atom. The molecule has 4 N–H and O–H groups in total. The second-order valence-corrected chi connectivity index (χ2v) is 14.4. The largest absolute Gasteiger partial charge is 0.352 e. The molecule has 3 atom stereocenters. The fourth-order valence-corrected chi connectivity index (χ4v) is 8.27. The number of nitrogens with one attached hydrogen (secondary N) is 4. The van der Waals surface area contributed by atoms with Gasteiger partial charge >= 0.3 is 0 Å². The zero-order valence-corrected chi connectivity index (χ0v) is 29.4. The fraction of sp³-hybridized carbons (Fsp3) is 0.317. The highest BCUT2D eigenvalue weighted by Gasteiger charge is 2.26. The van der Waals surface area contributed by atoms with Gasteiger partial charge in [0.05, 0.1) is 5.02 Å². The van der Waals surface area contributed by atoms with Crippen LogP contribution in [0.4, 0.5) is 0 Å². The highest BCUT2D eigenvalue weighted by molar-refractivity contribution is 6.36. The van der Waals surface area contributed by atoms with Gasteiger partial charge in [0.2, 0.25) is 11.8 Å². The first kappa shape index (κ1) is 33.3. The number of rotatable bonds is 10. The van der Waals surface area contributed by atoms with Gasteiger partial charge in [-0.05, 0) is 83.7 Å². The van der Waals surface area contributed by atoms with E-state index in [-0.39, 0.29) is 29.5 Å². The average Bonchev–Trinajstić information content (AvgIpc) is 3.87. The molecular weight excluding hydrogens is 660 g/mol. The normalized spacial score (nSPS) is 19.8. The predicted octanol–water partition coefficient (Wildman–Crippen LogP) is 5.88. The molecule has 2 unspecified atom stereocenters. The summed E-state index contributed by atoms with van der Waals surface area (Å²) in [5.41, 5.74) is 10.9. The van der Waals surface area contributed by atoms with Crippen LogP contribution in [0.5, 0.6) is 0 Å². The van der Waals surface area contributed by atoms with Gasteiger partial charge in [-0.1, -0.05) is 66.2 Å². The number of fused-ring (bicyclic) bond motifs is 2. The lowest BCUT2D eigenvalue weighted by Crippen LogP contribution is -2.36. The molecule has 260 valence electrons. The number of nitrogens with zero attached hydrogens (tertiary/aromatic N) is 2. The van der Waals surface area contributed by atoms with E-state index in [1.165, 1.54) is 11.1 Å². The van der Waals surface area contributed by atoms with Crippen LogP contribution in [0, 0.1) is 6.92 Å². The van der Waals surface area contributed by atoms with Crippen molar-refractivity contribution in [3.63, 3.8) is 0 Å². The zero-order chi connectivity index (χ0) is 35.1. The van der Waals surface area contributed by atoms with E-state index in [1.807, 2.05) is 18.2 Å². The van der Waals surface area contributed by atoms with Crippen molar-refractivity contribution in [1.29, 1.82) is 0 Å². The number of halogens is 1. The molecular formula is C41H41ClN6O3. The lowest BCUT2D eigenvalue weighted by molar-refractivity contribution is -0.120. The standard InChI is InChI=1S/C41H41ClN6O3/c1-24-31(27-16-17-48-37(19-27)45-21-28(41(48)51)20-43-22-29-10-14-38(49)46-29)4-2-5-32(24)35-7-3-6-34(40(35)42)26-8-12-33-25(18-26)9-13-36(33)44-23-30-11-15-39(50)47-30/h2-8,12,16-19,21,29-30,36,43-44H,9-11,13-15,20,22-23H2,1H3,(H,46,49)(H,47,50)/t29?,30?,36-/m0/s1. The van der Waals surface area contributed by atoms with Crippen LogP contribution in [0.1, 0.15) is 60.4 Å². The summed E-state index contributed by atoms with van der Waals surface area (Å²) in [6, 6.07) is 23.7. The Labute approximate surface area is 301 Å². The number of aromatic nitrogens is 2. The van der Waals surface area contributed by atoms with Crippen molar-refractivity contribution >= 4 is 29.1 Å². The molecule has 2 fully saturated rings. The predicted molar refractivity (Wildman–Crippen MR) is 201 cm³/mol. The van der Waals surface area contributed by atoms with Gasteiger partial charge < -0.3 is 21.3 Å². The number of amides is 2. The number of aryl methyl sites for hydroxylation is 1. The molecule has 0 saturated carbocycles. The molecule has 2 saturated heterocycles. The molecule has 9 nitrogen and oxygen atoms in total. The van der Waals surface area contributed by atoms with Crippen molar-refractivity contribution in [3.05, 3.63) is 117 Å². The SMILES string of the molecule is Cc1c(-c2ccn3c(=O)c(CNCC4CCC(=O)N4)cnc3c2)cccc1-c1cccc(-c2ccc3c(c2)CC[C@@H]3NCC2CCC(=O)N2)c1Cl. The van der Waals surface area contributed by atoms with Crippen LogP contribution in [0.25, 0.3) is 39.0 Å². The van der Waals surface area contributed by atoms with Crippen molar-refractivity contribution < 1.29 is 9.59 Å². The maximum absolute atomic E-state index is 13.3. The van der Waals surface area contributed by atoms with Crippen LogP contribution in [0.3, 0.4) is 0 Å². The van der Waals surface area contributed by atoms with E-state index >= 15 is 0 Å². The zero-order valence-electron chi connectivity index (χ0n) is 28.6. The Morgan fingerprint density at radius 1 is 0.804 bits per heavy atom. The summed E-state index contributed by atoms with van der Waals surface area (Å²) in [6.07, 6.45) is 8.35. The lowest BCUT2D eigenvalue weighted by atomic mass is 9.91. The van der Waals surface area contributed by atoms with Crippen molar-refractivity contribution in [3.8, 4) is 33.4 Å². The number of hydrogen-bond acceptors (Lipinski definition) is 6. The van der Waals surface area contributed by atoms with Gasteiger partial charge in [-0.2, -0.15) is 0 Å². The quantitative estimate of drug-likeness (QED) is 0.145. The number of benzene rings is 3. The maximum Gasteiger partial charge on any atom is 0.262 e. The van der Waals surface area contributed by atoms with Crippen LogP contribution < -0.4 is 26.8 Å². The van der Waals surface area contributed by atoms with Crippen LogP contribution in [-0.4, -0.2) is 46.4 Å². The fourth-order valence-electron chi connectivity index (χ4n) is 7.93. The van der Waals surface area contributed by atoms with Gasteiger partial charge in [-0.25, -0.2) is 4.98 Å². The van der Waals surface area contributed by atoms with Crippen LogP contribution in [0.2, 0.25) is 5.02 Å². The minimum absolute atomic E-state index is 0.0780. The van der Waals surface area contributed by atoms with Gasteiger partial charge in [0, 0.05) is 79.7 Å². The molecule has 5 aromatic rings. The number of hydrogen-bond donors (Lipinski definition) is 4. The van der Waals surface area contributed by atoms with Crippen molar-refractivity contribution in [2.75, 3.05) is 13.1 Å².